The molecule has 0 fully saturated rings. The Balaban J connectivity index is 2.21. The summed E-state index contributed by atoms with van der Waals surface area (Å²) in [5.41, 5.74) is 2.78. The molecule has 18 heavy (non-hydrogen) atoms. The number of carboxylic acids is 1. The topological polar surface area (TPSA) is 71.5 Å². The molecule has 2 N–H and O–H groups in total. The van der Waals surface area contributed by atoms with Crippen molar-refractivity contribution in [3.05, 3.63) is 40.8 Å². The van der Waals surface area contributed by atoms with Crippen molar-refractivity contribution in [2.75, 3.05) is 12.4 Å². The molecule has 0 saturated heterocycles. The van der Waals surface area contributed by atoms with Crippen molar-refractivity contribution in [1.82, 2.24) is 4.98 Å². The lowest BCUT2D eigenvalue weighted by molar-refractivity contribution is -0.138. The molecule has 0 radical (unpaired) electrons. The quantitative estimate of drug-likeness (QED) is 0.867. The molecule has 6 heteroatoms. The fourth-order valence-corrected chi connectivity index (χ4v) is 2.09. The van der Waals surface area contributed by atoms with Gasteiger partial charge in [-0.05, 0) is 12.1 Å². The average molecular weight is 264 g/mol. The highest BCUT2D eigenvalue weighted by Gasteiger charge is 2.21. The zero-order valence-corrected chi connectivity index (χ0v) is 10.5. The Kier molecular flexibility index (Phi) is 3.78. The van der Waals surface area contributed by atoms with Gasteiger partial charge in [0, 0.05) is 17.1 Å². The molecule has 1 heterocycles. The molecule has 0 aliphatic rings. The number of ether oxygens (including phenoxy) is 1. The molecule has 1 aromatic carbocycles. The molecule has 1 aromatic heterocycles. The molecule has 0 bridgehead atoms. The lowest BCUT2D eigenvalue weighted by atomic mass is 10.2. The van der Waals surface area contributed by atoms with Gasteiger partial charge in [-0.1, -0.05) is 6.07 Å². The molecule has 2 aromatic rings. The zero-order chi connectivity index (χ0) is 13.0. The zero-order valence-electron chi connectivity index (χ0n) is 9.66. The van der Waals surface area contributed by atoms with Crippen LogP contribution in [0.4, 0.5) is 5.69 Å². The first-order chi connectivity index (χ1) is 8.70. The molecule has 0 aliphatic carbocycles. The average Bonchev–Trinajstić information content (AvgIpc) is 2.89. The van der Waals surface area contributed by atoms with Crippen molar-refractivity contribution in [3.8, 4) is 5.75 Å². The largest absolute Gasteiger partial charge is 0.497 e. The standard InChI is InChI=1S/C12H12N2O3S/c1-17-9-4-2-3-8(5-9)14-11(12(15)16)10-6-18-7-13-10/h2-7,11,14H,1H3,(H,15,16). The number of aliphatic carboxylic acids is 1. The second-order valence-electron chi connectivity index (χ2n) is 3.56. The van der Waals surface area contributed by atoms with Crippen LogP contribution in [0.2, 0.25) is 0 Å². The number of carboxylic acid groups (broad SMARTS) is 1. The van der Waals surface area contributed by atoms with Crippen molar-refractivity contribution < 1.29 is 14.6 Å². The van der Waals surface area contributed by atoms with Crippen LogP contribution in [0.5, 0.6) is 5.75 Å². The highest BCUT2D eigenvalue weighted by molar-refractivity contribution is 7.07. The first-order valence-electron chi connectivity index (χ1n) is 5.22. The van der Waals surface area contributed by atoms with Crippen LogP contribution in [-0.4, -0.2) is 23.2 Å². The van der Waals surface area contributed by atoms with Crippen LogP contribution in [0.3, 0.4) is 0 Å². The molecule has 5 nitrogen and oxygen atoms in total. The Bertz CT molecular complexity index is 528. The Labute approximate surface area is 108 Å². The molecular formula is C12H12N2O3S. The third-order valence-electron chi connectivity index (χ3n) is 2.37. The summed E-state index contributed by atoms with van der Waals surface area (Å²) in [6.45, 7) is 0. The Morgan fingerprint density at radius 1 is 1.56 bits per heavy atom. The SMILES string of the molecule is COc1cccc(NC(C(=O)O)c2cscn2)c1. The van der Waals surface area contributed by atoms with Gasteiger partial charge in [0.1, 0.15) is 5.75 Å². The Morgan fingerprint density at radius 3 is 3.00 bits per heavy atom. The van der Waals surface area contributed by atoms with Crippen LogP contribution in [0.15, 0.2) is 35.2 Å². The van der Waals surface area contributed by atoms with E-state index in [1.165, 1.54) is 11.3 Å². The van der Waals surface area contributed by atoms with Gasteiger partial charge in [-0.2, -0.15) is 0 Å². The second-order valence-corrected chi connectivity index (χ2v) is 4.28. The molecule has 0 spiro atoms. The van der Waals surface area contributed by atoms with E-state index in [9.17, 15) is 9.90 Å². The van der Waals surface area contributed by atoms with Gasteiger partial charge in [-0.3, -0.25) is 0 Å². The van der Waals surface area contributed by atoms with Crippen LogP contribution < -0.4 is 10.1 Å². The molecule has 94 valence electrons. The summed E-state index contributed by atoms with van der Waals surface area (Å²) in [7, 11) is 1.56. The minimum Gasteiger partial charge on any atom is -0.497 e. The fourth-order valence-electron chi connectivity index (χ4n) is 1.51. The van der Waals surface area contributed by atoms with E-state index in [1.807, 2.05) is 0 Å². The highest BCUT2D eigenvalue weighted by Crippen LogP contribution is 2.23. The number of anilines is 1. The van der Waals surface area contributed by atoms with E-state index in [2.05, 4.69) is 10.3 Å². The normalized spacial score (nSPS) is 11.8. The van der Waals surface area contributed by atoms with Crippen molar-refractivity contribution in [2.45, 2.75) is 6.04 Å². The summed E-state index contributed by atoms with van der Waals surface area (Å²) >= 11 is 1.36. The van der Waals surface area contributed by atoms with E-state index in [-0.39, 0.29) is 0 Å². The molecular weight excluding hydrogens is 252 g/mol. The fraction of sp³-hybridized carbons (Fsp3) is 0.167. The van der Waals surface area contributed by atoms with Crippen LogP contribution in [0.25, 0.3) is 0 Å². The molecule has 0 aliphatic heterocycles. The number of nitrogens with one attached hydrogen (secondary N) is 1. The van der Waals surface area contributed by atoms with Gasteiger partial charge >= 0.3 is 5.97 Å². The maximum atomic E-state index is 11.2. The number of aromatic nitrogens is 1. The maximum Gasteiger partial charge on any atom is 0.332 e. The molecule has 1 atom stereocenters. The number of hydrogen-bond acceptors (Lipinski definition) is 5. The van der Waals surface area contributed by atoms with Gasteiger partial charge in [0.05, 0.1) is 18.3 Å². The van der Waals surface area contributed by atoms with E-state index in [0.717, 1.165) is 0 Å². The van der Waals surface area contributed by atoms with Gasteiger partial charge in [-0.25, -0.2) is 9.78 Å². The highest BCUT2D eigenvalue weighted by atomic mass is 32.1. The van der Waals surface area contributed by atoms with Gasteiger partial charge in [-0.15, -0.1) is 11.3 Å². The van der Waals surface area contributed by atoms with Gasteiger partial charge in [0.25, 0.3) is 0 Å². The Morgan fingerprint density at radius 2 is 2.39 bits per heavy atom. The van der Waals surface area contributed by atoms with E-state index < -0.39 is 12.0 Å². The third kappa shape index (κ3) is 2.78. The molecule has 2 rings (SSSR count). The monoisotopic (exact) mass is 264 g/mol. The number of rotatable bonds is 5. The smallest absolute Gasteiger partial charge is 0.332 e. The summed E-state index contributed by atoms with van der Waals surface area (Å²) in [6, 6.07) is 6.25. The number of carbonyl (C=O) groups is 1. The maximum absolute atomic E-state index is 11.2. The number of nitrogens with zero attached hydrogens (tertiary/aromatic N) is 1. The van der Waals surface area contributed by atoms with Crippen molar-refractivity contribution in [1.29, 1.82) is 0 Å². The predicted molar refractivity (Wildman–Crippen MR) is 69.1 cm³/mol. The van der Waals surface area contributed by atoms with E-state index in [1.54, 1.807) is 42.3 Å². The van der Waals surface area contributed by atoms with Crippen LogP contribution in [0, 0.1) is 0 Å². The lowest BCUT2D eigenvalue weighted by Crippen LogP contribution is -2.20. The first kappa shape index (κ1) is 12.4. The van der Waals surface area contributed by atoms with Gasteiger partial charge < -0.3 is 15.2 Å². The molecule has 0 saturated carbocycles. The summed E-state index contributed by atoms with van der Waals surface area (Å²) in [6.07, 6.45) is 0. The predicted octanol–water partition coefficient (Wildman–Crippen LogP) is 2.39. The summed E-state index contributed by atoms with van der Waals surface area (Å²) in [4.78, 5) is 15.2. The number of hydrogen-bond donors (Lipinski definition) is 2. The molecule has 0 amide bonds. The van der Waals surface area contributed by atoms with Gasteiger partial charge in [0.2, 0.25) is 0 Å². The van der Waals surface area contributed by atoms with Crippen LogP contribution in [0.1, 0.15) is 11.7 Å². The van der Waals surface area contributed by atoms with E-state index >= 15 is 0 Å². The first-order valence-corrected chi connectivity index (χ1v) is 6.16. The van der Waals surface area contributed by atoms with Crippen LogP contribution >= 0.6 is 11.3 Å². The summed E-state index contributed by atoms with van der Waals surface area (Å²) in [5, 5.41) is 13.8. The lowest BCUT2D eigenvalue weighted by Gasteiger charge is -2.14. The van der Waals surface area contributed by atoms with Gasteiger partial charge in [0.15, 0.2) is 6.04 Å². The number of methoxy groups -OCH3 is 1. The minimum absolute atomic E-state index is 0.496. The van der Waals surface area contributed by atoms with Crippen LogP contribution in [-0.2, 0) is 4.79 Å². The van der Waals surface area contributed by atoms with Crippen molar-refractivity contribution >= 4 is 23.0 Å². The summed E-state index contributed by atoms with van der Waals surface area (Å²) < 4.78 is 5.09. The van der Waals surface area contributed by atoms with Crippen molar-refractivity contribution in [2.24, 2.45) is 0 Å². The van der Waals surface area contributed by atoms with E-state index in [4.69, 9.17) is 4.74 Å². The molecule has 1 unspecified atom stereocenters. The second kappa shape index (κ2) is 5.50. The third-order valence-corrected chi connectivity index (χ3v) is 2.98. The number of thiazole rings is 1. The van der Waals surface area contributed by atoms with Crippen molar-refractivity contribution in [3.63, 3.8) is 0 Å². The Hall–Kier alpha value is -2.08. The minimum atomic E-state index is -0.969. The van der Waals surface area contributed by atoms with E-state index in [0.29, 0.717) is 17.1 Å². The summed E-state index contributed by atoms with van der Waals surface area (Å²) in [5.74, 6) is -0.300. The number of benzene rings is 1.